The number of carbonyl (C=O) groups excluding carboxylic acids is 1. The number of nitrogens with one attached hydrogen (secondary N) is 1. The molecule has 0 saturated heterocycles. The number of methoxy groups -OCH3 is 1. The highest BCUT2D eigenvalue weighted by molar-refractivity contribution is 5.94. The molecule has 0 atom stereocenters. The lowest BCUT2D eigenvalue weighted by Crippen LogP contribution is -2.18. The Bertz CT molecular complexity index is 996. The molecule has 0 aliphatic rings. The number of carbonyl (C=O) groups is 1. The van der Waals surface area contributed by atoms with E-state index < -0.39 is 4.92 Å². The summed E-state index contributed by atoms with van der Waals surface area (Å²) in [6.07, 6.45) is 1.79. The molecule has 140 valence electrons. The number of rotatable bonds is 7. The van der Waals surface area contributed by atoms with E-state index in [0.29, 0.717) is 12.4 Å². The Labute approximate surface area is 155 Å². The third kappa shape index (κ3) is 4.00. The molecule has 3 aromatic rings. The summed E-state index contributed by atoms with van der Waals surface area (Å²) in [6.45, 7) is 2.52. The Balaban J connectivity index is 1.78. The molecule has 1 aromatic heterocycles. The van der Waals surface area contributed by atoms with E-state index in [-0.39, 0.29) is 23.8 Å². The van der Waals surface area contributed by atoms with E-state index in [0.717, 1.165) is 16.7 Å². The smallest absolute Gasteiger partial charge is 0.296 e. The van der Waals surface area contributed by atoms with E-state index in [1.807, 2.05) is 31.2 Å². The van der Waals surface area contributed by atoms with Crippen LogP contribution in [0.1, 0.15) is 6.92 Å². The van der Waals surface area contributed by atoms with Crippen LogP contribution in [0.15, 0.2) is 48.7 Å². The lowest BCUT2D eigenvalue weighted by Gasteiger charge is -2.09. The maximum Gasteiger partial charge on any atom is 0.296 e. The summed E-state index contributed by atoms with van der Waals surface area (Å²) in [5, 5.41) is 14.8. The molecule has 0 aliphatic heterocycles. The molecule has 2 aromatic carbocycles. The summed E-state index contributed by atoms with van der Waals surface area (Å²) in [6, 6.07) is 11.8. The van der Waals surface area contributed by atoms with Crippen LogP contribution in [-0.2, 0) is 11.3 Å². The average molecular weight is 369 g/mol. The van der Waals surface area contributed by atoms with Crippen LogP contribution in [0.3, 0.4) is 0 Å². The molecule has 8 heteroatoms. The molecule has 0 radical (unpaired) electrons. The molecule has 0 saturated carbocycles. The van der Waals surface area contributed by atoms with Gasteiger partial charge in [-0.3, -0.25) is 14.9 Å². The van der Waals surface area contributed by atoms with E-state index in [1.165, 1.54) is 19.2 Å². The second-order valence-corrected chi connectivity index (χ2v) is 5.79. The van der Waals surface area contributed by atoms with Crippen LogP contribution in [0.2, 0.25) is 0 Å². The van der Waals surface area contributed by atoms with Crippen molar-refractivity contribution in [3.8, 4) is 11.5 Å². The first kappa shape index (κ1) is 18.2. The standard InChI is InChI=1S/C19H19N3O5/c1-3-27-15-5-7-17-13(10-15)8-9-21(17)12-19(23)20-16-6-4-14(26-2)11-18(16)22(24)25/h4-11H,3,12H2,1-2H3,(H,20,23). The highest BCUT2D eigenvalue weighted by Gasteiger charge is 2.17. The van der Waals surface area contributed by atoms with Gasteiger partial charge in [-0.1, -0.05) is 0 Å². The van der Waals surface area contributed by atoms with Crippen molar-refractivity contribution in [2.24, 2.45) is 0 Å². The number of benzene rings is 2. The maximum atomic E-state index is 12.4. The van der Waals surface area contributed by atoms with Gasteiger partial charge in [0.15, 0.2) is 0 Å². The number of amides is 1. The zero-order chi connectivity index (χ0) is 19.4. The number of ether oxygens (including phenoxy) is 2. The van der Waals surface area contributed by atoms with Crippen LogP contribution in [0.5, 0.6) is 11.5 Å². The van der Waals surface area contributed by atoms with Crippen LogP contribution in [0.25, 0.3) is 10.9 Å². The molecule has 0 aliphatic carbocycles. The van der Waals surface area contributed by atoms with Crippen LogP contribution in [0.4, 0.5) is 11.4 Å². The van der Waals surface area contributed by atoms with Crippen LogP contribution in [-0.4, -0.2) is 29.1 Å². The van der Waals surface area contributed by atoms with Gasteiger partial charge in [-0.2, -0.15) is 0 Å². The number of anilines is 1. The van der Waals surface area contributed by atoms with Crippen LogP contribution >= 0.6 is 0 Å². The van der Waals surface area contributed by atoms with Crippen molar-refractivity contribution in [3.05, 3.63) is 58.8 Å². The molecule has 0 bridgehead atoms. The number of hydrogen-bond acceptors (Lipinski definition) is 5. The van der Waals surface area contributed by atoms with E-state index >= 15 is 0 Å². The van der Waals surface area contributed by atoms with Crippen molar-refractivity contribution >= 4 is 28.2 Å². The molecule has 27 heavy (non-hydrogen) atoms. The van der Waals surface area contributed by atoms with Gasteiger partial charge in [0.05, 0.1) is 24.7 Å². The van der Waals surface area contributed by atoms with E-state index in [1.54, 1.807) is 16.8 Å². The molecule has 1 heterocycles. The van der Waals surface area contributed by atoms with Crippen molar-refractivity contribution in [3.63, 3.8) is 0 Å². The number of aromatic nitrogens is 1. The minimum absolute atomic E-state index is 0.0284. The maximum absolute atomic E-state index is 12.4. The quantitative estimate of drug-likeness (QED) is 0.507. The summed E-state index contributed by atoms with van der Waals surface area (Å²) in [7, 11) is 1.42. The molecule has 0 spiro atoms. The average Bonchev–Trinajstić information content (AvgIpc) is 3.04. The number of nitro benzene ring substituents is 1. The van der Waals surface area contributed by atoms with Gasteiger partial charge >= 0.3 is 0 Å². The summed E-state index contributed by atoms with van der Waals surface area (Å²) < 4.78 is 12.2. The molecule has 8 nitrogen and oxygen atoms in total. The molecular formula is C19H19N3O5. The van der Waals surface area contributed by atoms with Gasteiger partial charge in [0.25, 0.3) is 5.69 Å². The van der Waals surface area contributed by atoms with Crippen molar-refractivity contribution in [2.45, 2.75) is 13.5 Å². The fourth-order valence-electron chi connectivity index (χ4n) is 2.81. The minimum Gasteiger partial charge on any atom is -0.496 e. The van der Waals surface area contributed by atoms with Gasteiger partial charge in [-0.05, 0) is 43.3 Å². The van der Waals surface area contributed by atoms with Crippen molar-refractivity contribution in [2.75, 3.05) is 19.0 Å². The van der Waals surface area contributed by atoms with Gasteiger partial charge in [0, 0.05) is 17.1 Å². The molecular weight excluding hydrogens is 350 g/mol. The molecule has 0 unspecified atom stereocenters. The van der Waals surface area contributed by atoms with Gasteiger partial charge in [0.1, 0.15) is 23.7 Å². The molecule has 0 fully saturated rings. The first-order chi connectivity index (χ1) is 13.0. The third-order valence-electron chi connectivity index (χ3n) is 4.04. The topological polar surface area (TPSA) is 95.6 Å². The second-order valence-electron chi connectivity index (χ2n) is 5.79. The predicted molar refractivity (Wildman–Crippen MR) is 101 cm³/mol. The van der Waals surface area contributed by atoms with Crippen molar-refractivity contribution < 1.29 is 19.2 Å². The van der Waals surface area contributed by atoms with Crippen LogP contribution in [0, 0.1) is 10.1 Å². The van der Waals surface area contributed by atoms with Gasteiger partial charge in [0.2, 0.25) is 5.91 Å². The Morgan fingerprint density at radius 2 is 1.96 bits per heavy atom. The highest BCUT2D eigenvalue weighted by Crippen LogP contribution is 2.29. The summed E-state index contributed by atoms with van der Waals surface area (Å²) in [4.78, 5) is 23.1. The molecule has 1 N–H and O–H groups in total. The lowest BCUT2D eigenvalue weighted by molar-refractivity contribution is -0.384. The highest BCUT2D eigenvalue weighted by atomic mass is 16.6. The second kappa shape index (κ2) is 7.77. The third-order valence-corrected chi connectivity index (χ3v) is 4.04. The zero-order valence-corrected chi connectivity index (χ0v) is 15.0. The SMILES string of the molecule is CCOc1ccc2c(ccn2CC(=O)Nc2ccc(OC)cc2[N+](=O)[O-])c1. The molecule has 3 rings (SSSR count). The number of nitrogens with zero attached hydrogens (tertiary/aromatic N) is 2. The van der Waals surface area contributed by atoms with Crippen molar-refractivity contribution in [1.82, 2.24) is 4.57 Å². The monoisotopic (exact) mass is 369 g/mol. The lowest BCUT2D eigenvalue weighted by atomic mass is 10.2. The van der Waals surface area contributed by atoms with Gasteiger partial charge < -0.3 is 19.4 Å². The summed E-state index contributed by atoms with van der Waals surface area (Å²) in [5.41, 5.74) is 0.778. The number of nitro groups is 1. The summed E-state index contributed by atoms with van der Waals surface area (Å²) in [5.74, 6) is 0.747. The van der Waals surface area contributed by atoms with Crippen molar-refractivity contribution in [1.29, 1.82) is 0 Å². The zero-order valence-electron chi connectivity index (χ0n) is 15.0. The van der Waals surface area contributed by atoms with Gasteiger partial charge in [-0.15, -0.1) is 0 Å². The predicted octanol–water partition coefficient (Wildman–Crippen LogP) is 3.60. The minimum atomic E-state index is -0.557. The Kier molecular flexibility index (Phi) is 5.25. The fourth-order valence-corrected chi connectivity index (χ4v) is 2.81. The number of hydrogen-bond donors (Lipinski definition) is 1. The Morgan fingerprint density at radius 1 is 1.19 bits per heavy atom. The first-order valence-electron chi connectivity index (χ1n) is 8.35. The Hall–Kier alpha value is -3.55. The van der Waals surface area contributed by atoms with E-state index in [9.17, 15) is 14.9 Å². The largest absolute Gasteiger partial charge is 0.496 e. The van der Waals surface area contributed by atoms with Crippen LogP contribution < -0.4 is 14.8 Å². The van der Waals surface area contributed by atoms with E-state index in [2.05, 4.69) is 5.32 Å². The number of fused-ring (bicyclic) bond motifs is 1. The van der Waals surface area contributed by atoms with E-state index in [4.69, 9.17) is 9.47 Å². The van der Waals surface area contributed by atoms with Gasteiger partial charge in [-0.25, -0.2) is 0 Å². The molecule has 1 amide bonds. The Morgan fingerprint density at radius 3 is 2.67 bits per heavy atom. The summed E-state index contributed by atoms with van der Waals surface area (Å²) >= 11 is 0. The first-order valence-corrected chi connectivity index (χ1v) is 8.35. The fraction of sp³-hybridized carbons (Fsp3) is 0.211. The normalized spacial score (nSPS) is 10.6.